The second-order valence-electron chi connectivity index (χ2n) is 14.0. The molecule has 2 aromatic carbocycles. The lowest BCUT2D eigenvalue weighted by molar-refractivity contribution is -0.119. The molecular weight excluding hydrogens is 678 g/mol. The van der Waals surface area contributed by atoms with E-state index in [4.69, 9.17) is 25.5 Å². The second-order valence-corrected chi connectivity index (χ2v) is 16.6. The molecule has 0 unspecified atom stereocenters. The number of aryl methyl sites for hydroxylation is 3. The van der Waals surface area contributed by atoms with E-state index in [1.54, 1.807) is 20.1 Å². The molecule has 4 aliphatic rings. The first kappa shape index (κ1) is 34.7. The molecule has 2 bridgehead atoms. The van der Waals surface area contributed by atoms with E-state index in [0.29, 0.717) is 60.9 Å². The van der Waals surface area contributed by atoms with Gasteiger partial charge in [-0.1, -0.05) is 29.8 Å². The Morgan fingerprint density at radius 3 is 2.84 bits per heavy atom. The largest absolute Gasteiger partial charge is 0.490 e. The van der Waals surface area contributed by atoms with Crippen LogP contribution in [0.3, 0.4) is 0 Å². The number of carbonyl (C=O) groups excluding carboxylic acids is 2. The van der Waals surface area contributed by atoms with Gasteiger partial charge in [-0.25, -0.2) is 4.21 Å². The highest BCUT2D eigenvalue weighted by Gasteiger charge is 2.44. The summed E-state index contributed by atoms with van der Waals surface area (Å²) < 4.78 is 39.0. The number of halogens is 1. The Labute approximate surface area is 298 Å². The van der Waals surface area contributed by atoms with Crippen molar-refractivity contribution >= 4 is 39.0 Å². The molecule has 2 aliphatic carbocycles. The Balaban J connectivity index is 1.24. The lowest BCUT2D eigenvalue weighted by Crippen LogP contribution is -2.49. The molecule has 3 aromatic rings. The van der Waals surface area contributed by atoms with Gasteiger partial charge < -0.3 is 18.8 Å². The van der Waals surface area contributed by atoms with Crippen molar-refractivity contribution < 1.29 is 27.7 Å². The highest BCUT2D eigenvalue weighted by atomic mass is 35.5. The van der Waals surface area contributed by atoms with Gasteiger partial charge in [-0.05, 0) is 98.2 Å². The second kappa shape index (κ2) is 14.5. The van der Waals surface area contributed by atoms with E-state index in [0.717, 1.165) is 49.4 Å². The Hall–Kier alpha value is -3.74. The molecule has 266 valence electrons. The molecule has 1 aromatic heterocycles. The number of allylic oxidation sites excluding steroid dienone is 1. The summed E-state index contributed by atoms with van der Waals surface area (Å²) in [6.07, 6.45) is 10.4. The molecule has 2 amide bonds. The van der Waals surface area contributed by atoms with Crippen molar-refractivity contribution in [1.82, 2.24) is 14.9 Å². The number of amides is 2. The fourth-order valence-electron chi connectivity index (χ4n) is 8.00. The van der Waals surface area contributed by atoms with Gasteiger partial charge in [0.05, 0.1) is 24.2 Å². The average molecular weight is 722 g/mol. The number of anilines is 1. The Morgan fingerprint density at radius 1 is 1.18 bits per heavy atom. The molecule has 13 heteroatoms. The van der Waals surface area contributed by atoms with Gasteiger partial charge in [0.2, 0.25) is 17.7 Å². The number of carbonyl (C=O) groups is 2. The maximum absolute atomic E-state index is 14.2. The van der Waals surface area contributed by atoms with E-state index in [-0.39, 0.29) is 30.1 Å². The van der Waals surface area contributed by atoms with Crippen LogP contribution >= 0.6 is 11.6 Å². The molecule has 1 saturated carbocycles. The molecule has 0 radical (unpaired) electrons. The number of benzene rings is 2. The molecule has 1 N–H and O–H groups in total. The van der Waals surface area contributed by atoms with Crippen LogP contribution in [0.4, 0.5) is 5.69 Å². The number of nitrogens with zero attached hydrogens (tertiary/aromatic N) is 4. The van der Waals surface area contributed by atoms with E-state index in [1.165, 1.54) is 11.1 Å². The van der Waals surface area contributed by atoms with Gasteiger partial charge in [-0.2, -0.15) is 0 Å². The van der Waals surface area contributed by atoms with Crippen molar-refractivity contribution in [2.45, 2.75) is 76.2 Å². The lowest BCUT2D eigenvalue weighted by atomic mass is 9.68. The van der Waals surface area contributed by atoms with Crippen LogP contribution in [0.5, 0.6) is 5.75 Å². The minimum atomic E-state index is -3.45. The van der Waals surface area contributed by atoms with Gasteiger partial charge in [-0.3, -0.25) is 14.3 Å². The molecule has 50 heavy (non-hydrogen) atoms. The van der Waals surface area contributed by atoms with E-state index >= 15 is 0 Å². The third kappa shape index (κ3) is 7.34. The van der Waals surface area contributed by atoms with Crippen molar-refractivity contribution in [2.24, 2.45) is 16.2 Å². The number of nitrogens with one attached hydrogen (secondary N) is 1. The van der Waals surface area contributed by atoms with Crippen LogP contribution in [-0.4, -0.2) is 64.9 Å². The number of aromatic nitrogens is 2. The summed E-state index contributed by atoms with van der Waals surface area (Å²) in [5.74, 6) is 1.00. The van der Waals surface area contributed by atoms with Crippen LogP contribution in [0, 0.1) is 18.8 Å². The third-order valence-corrected chi connectivity index (χ3v) is 12.7. The predicted octanol–water partition coefficient (Wildman–Crippen LogP) is 6.17. The maximum atomic E-state index is 14.2. The predicted molar refractivity (Wildman–Crippen MR) is 191 cm³/mol. The summed E-state index contributed by atoms with van der Waals surface area (Å²) in [5.41, 5.74) is 3.38. The van der Waals surface area contributed by atoms with Crippen LogP contribution in [0.1, 0.15) is 78.2 Å². The Bertz CT molecular complexity index is 1920. The summed E-state index contributed by atoms with van der Waals surface area (Å²) >= 11 is 6.44. The molecule has 2 aliphatic heterocycles. The summed E-state index contributed by atoms with van der Waals surface area (Å²) in [6.45, 7) is 3.66. The van der Waals surface area contributed by atoms with E-state index in [2.05, 4.69) is 48.5 Å². The zero-order valence-corrected chi connectivity index (χ0v) is 30.1. The molecular formula is C37H44ClN5O6S. The van der Waals surface area contributed by atoms with Gasteiger partial charge in [0.25, 0.3) is 5.91 Å². The zero-order chi connectivity index (χ0) is 34.9. The van der Waals surface area contributed by atoms with Crippen LogP contribution < -0.4 is 14.4 Å². The minimum Gasteiger partial charge on any atom is -0.490 e. The molecule has 5 atom stereocenters. The van der Waals surface area contributed by atoms with Gasteiger partial charge in [0.1, 0.15) is 15.7 Å². The standard InChI is InChI=1S/C37H44ClN5O6S/c1-24-39-40-35(49-24)16-15-34(44)41-50(46)18-5-3-4-8-32(47-2)29-12-9-27(29)21-43-22-37(17-6-7-25-19-28(38)11-13-30(25)37)23-48-33-14-10-26(20-31(33)43)36(45)42-50/h4,8,10-11,13-14,19-20,27,29,32H,3,5-7,9,12,15-18,21-23H2,1-2H3,(H,41,42,44,45,46)/b8-4+/t27-,29+,32-,37-,50+/m0/s1. The molecule has 11 nitrogen and oxygen atoms in total. The number of hydrogen-bond acceptors (Lipinski definition) is 9. The molecule has 3 heterocycles. The van der Waals surface area contributed by atoms with E-state index < -0.39 is 21.7 Å². The Kier molecular flexibility index (Phi) is 10.0. The van der Waals surface area contributed by atoms with Crippen LogP contribution in [0.2, 0.25) is 5.02 Å². The van der Waals surface area contributed by atoms with Gasteiger partial charge >= 0.3 is 0 Å². The van der Waals surface area contributed by atoms with Gasteiger partial charge in [0.15, 0.2) is 0 Å². The first-order chi connectivity index (χ1) is 24.1. The van der Waals surface area contributed by atoms with Gasteiger partial charge in [-0.15, -0.1) is 14.6 Å². The van der Waals surface area contributed by atoms with Crippen molar-refractivity contribution in [3.8, 4) is 5.75 Å². The maximum Gasteiger partial charge on any atom is 0.286 e. The SMILES string of the molecule is CO[C@H]1/C=C/CCC[S@@](=O)(NC(=O)CCc2nnc(C)o2)=NC(=O)c2ccc3c(c2)N(C[C@@H]2CC[C@H]21)C[C@@]1(CCCc2cc(Cl)ccc21)CO3. The highest BCUT2D eigenvalue weighted by Crippen LogP contribution is 2.47. The fourth-order valence-corrected chi connectivity index (χ4v) is 9.82. The summed E-state index contributed by atoms with van der Waals surface area (Å²) in [6, 6.07) is 11.5. The number of methoxy groups -OCH3 is 1. The summed E-state index contributed by atoms with van der Waals surface area (Å²) in [7, 11) is -1.70. The quantitative estimate of drug-likeness (QED) is 0.307. The number of hydrogen-bond donors (Lipinski definition) is 1. The van der Waals surface area contributed by atoms with Crippen LogP contribution in [0.25, 0.3) is 0 Å². The highest BCUT2D eigenvalue weighted by molar-refractivity contribution is 7.92. The Morgan fingerprint density at radius 2 is 2.06 bits per heavy atom. The lowest BCUT2D eigenvalue weighted by Gasteiger charge is -2.46. The fraction of sp³-hybridized carbons (Fsp3) is 0.514. The zero-order valence-electron chi connectivity index (χ0n) is 28.6. The third-order valence-electron chi connectivity index (χ3n) is 10.7. The monoisotopic (exact) mass is 721 g/mol. The first-order valence-corrected chi connectivity index (χ1v) is 19.6. The molecule has 0 saturated heterocycles. The minimum absolute atomic E-state index is 0.0182. The van der Waals surface area contributed by atoms with Crippen molar-refractivity contribution in [3.63, 3.8) is 0 Å². The van der Waals surface area contributed by atoms with E-state index in [9.17, 15) is 13.8 Å². The normalized spacial score (nSPS) is 28.7. The van der Waals surface area contributed by atoms with Crippen molar-refractivity contribution in [1.29, 1.82) is 0 Å². The summed E-state index contributed by atoms with van der Waals surface area (Å²) in [4.78, 5) is 29.2. The molecule has 1 spiro atoms. The molecule has 1 fully saturated rings. The number of ether oxygens (including phenoxy) is 2. The van der Waals surface area contributed by atoms with E-state index in [1.807, 2.05) is 18.2 Å². The smallest absolute Gasteiger partial charge is 0.286 e. The molecule has 7 rings (SSSR count). The average Bonchev–Trinajstić information content (AvgIpc) is 3.44. The van der Waals surface area contributed by atoms with Crippen LogP contribution in [-0.2, 0) is 37.7 Å². The topological polar surface area (TPSA) is 136 Å². The summed E-state index contributed by atoms with van der Waals surface area (Å²) in [5, 5.41) is 8.45. The van der Waals surface area contributed by atoms with Crippen molar-refractivity contribution in [3.05, 3.63) is 82.0 Å². The number of rotatable bonds is 5. The first-order valence-electron chi connectivity index (χ1n) is 17.5. The van der Waals surface area contributed by atoms with Crippen LogP contribution in [0.15, 0.2) is 57.3 Å². The van der Waals surface area contributed by atoms with Crippen molar-refractivity contribution in [2.75, 3.05) is 37.5 Å². The number of fused-ring (bicyclic) bond motifs is 4. The van der Waals surface area contributed by atoms with Gasteiger partial charge in [0, 0.05) is 56.0 Å².